The van der Waals surface area contributed by atoms with E-state index < -0.39 is 5.91 Å². The molecular weight excluding hydrogens is 322 g/mol. The third-order valence-corrected chi connectivity index (χ3v) is 3.08. The minimum absolute atomic E-state index is 0.0839. The van der Waals surface area contributed by atoms with Crippen LogP contribution in [-0.4, -0.2) is 33.3 Å². The van der Waals surface area contributed by atoms with Gasteiger partial charge in [0.2, 0.25) is 5.88 Å². The lowest BCUT2D eigenvalue weighted by Gasteiger charge is -2.15. The van der Waals surface area contributed by atoms with Crippen molar-refractivity contribution in [1.29, 1.82) is 0 Å². The van der Waals surface area contributed by atoms with Crippen molar-refractivity contribution in [3.63, 3.8) is 0 Å². The summed E-state index contributed by atoms with van der Waals surface area (Å²) >= 11 is 0. The summed E-state index contributed by atoms with van der Waals surface area (Å²) in [6.45, 7) is 9.14. The van der Waals surface area contributed by atoms with Crippen LogP contribution in [0.2, 0.25) is 0 Å². The van der Waals surface area contributed by atoms with Crippen molar-refractivity contribution in [3.05, 3.63) is 41.6 Å². The predicted octanol–water partition coefficient (Wildman–Crippen LogP) is 1.69. The van der Waals surface area contributed by atoms with Crippen LogP contribution in [0.25, 0.3) is 5.65 Å². The zero-order valence-electron chi connectivity index (χ0n) is 14.4. The molecule has 2 rings (SSSR count). The first kappa shape index (κ1) is 18.0. The van der Waals surface area contributed by atoms with Crippen molar-refractivity contribution in [2.45, 2.75) is 26.9 Å². The molecule has 0 aliphatic heterocycles. The molecule has 2 aromatic heterocycles. The van der Waals surface area contributed by atoms with Gasteiger partial charge in [-0.1, -0.05) is 6.08 Å². The molecule has 0 aliphatic carbocycles. The number of aromatic nitrogens is 3. The summed E-state index contributed by atoms with van der Waals surface area (Å²) < 4.78 is 6.97. The van der Waals surface area contributed by atoms with Gasteiger partial charge >= 0.3 is 0 Å². The van der Waals surface area contributed by atoms with Gasteiger partial charge in [-0.2, -0.15) is 9.61 Å². The van der Waals surface area contributed by atoms with Gasteiger partial charge in [-0.05, 0) is 33.6 Å². The molecule has 9 heteroatoms. The molecule has 0 aliphatic rings. The van der Waals surface area contributed by atoms with Crippen molar-refractivity contribution in [1.82, 2.24) is 14.6 Å². The fourth-order valence-electron chi connectivity index (χ4n) is 2.10. The fourth-order valence-corrected chi connectivity index (χ4v) is 2.10. The maximum Gasteiger partial charge on any atom is 0.254 e. The molecule has 9 nitrogen and oxygen atoms in total. The van der Waals surface area contributed by atoms with Crippen LogP contribution in [0, 0.1) is 0 Å². The van der Waals surface area contributed by atoms with Crippen LogP contribution in [0.4, 0.5) is 11.6 Å². The van der Waals surface area contributed by atoms with E-state index >= 15 is 0 Å². The molecule has 0 atom stereocenters. The number of fused-ring (bicyclic) bond motifs is 1. The molecule has 1 amide bonds. The van der Waals surface area contributed by atoms with Gasteiger partial charge in [-0.3, -0.25) is 4.79 Å². The summed E-state index contributed by atoms with van der Waals surface area (Å²) in [5.41, 5.74) is 12.3. The highest BCUT2D eigenvalue weighted by Gasteiger charge is 2.15. The number of nitrogens with one attached hydrogen (secondary N) is 1. The highest BCUT2D eigenvalue weighted by atomic mass is 16.5. The third-order valence-electron chi connectivity index (χ3n) is 3.08. The van der Waals surface area contributed by atoms with E-state index in [4.69, 9.17) is 16.2 Å². The zero-order chi connectivity index (χ0) is 18.6. The standard InChI is InChI=1S/C16H21N7O2/c1-5-6-11(16(19-4)25-9(2)3)21-13-7-12(17)23-15(22-13)10(8-20-23)14(18)24/h5-9H,4,17H2,1-3H3,(H2,18,24)(H,21,22)/b6-5-,16-11-. The lowest BCUT2D eigenvalue weighted by atomic mass is 10.3. The first-order valence-electron chi connectivity index (χ1n) is 7.58. The summed E-state index contributed by atoms with van der Waals surface area (Å²) in [6, 6.07) is 1.57. The van der Waals surface area contributed by atoms with E-state index in [0.717, 1.165) is 0 Å². The summed E-state index contributed by atoms with van der Waals surface area (Å²) in [5.74, 6) is 0.351. The van der Waals surface area contributed by atoms with Crippen LogP contribution in [0.1, 0.15) is 31.1 Å². The minimum atomic E-state index is -0.639. The van der Waals surface area contributed by atoms with Gasteiger partial charge in [0.25, 0.3) is 5.91 Å². The molecule has 132 valence electrons. The molecule has 0 fully saturated rings. The lowest BCUT2D eigenvalue weighted by molar-refractivity contribution is 0.100. The molecule has 0 saturated carbocycles. The Hall–Kier alpha value is -3.36. The number of nitrogen functional groups attached to an aromatic ring is 1. The van der Waals surface area contributed by atoms with Gasteiger partial charge in [-0.15, -0.1) is 0 Å². The number of carbonyl (C=O) groups excluding carboxylic acids is 1. The maximum absolute atomic E-state index is 11.5. The first-order valence-corrected chi connectivity index (χ1v) is 7.58. The molecule has 2 heterocycles. The monoisotopic (exact) mass is 343 g/mol. The van der Waals surface area contributed by atoms with Crippen molar-refractivity contribution >= 4 is 29.9 Å². The SMILES string of the molecule is C=N/C(OC(C)C)=C(\C=C/C)Nc1cc(N)n2ncc(C(N)=O)c2n1. The number of rotatable bonds is 7. The molecule has 0 spiro atoms. The summed E-state index contributed by atoms with van der Waals surface area (Å²) in [6.07, 6.45) is 4.82. The number of anilines is 2. The van der Waals surface area contributed by atoms with E-state index in [9.17, 15) is 4.79 Å². The highest BCUT2D eigenvalue weighted by molar-refractivity contribution is 5.98. The Morgan fingerprint density at radius 1 is 1.52 bits per heavy atom. The second-order valence-corrected chi connectivity index (χ2v) is 5.39. The van der Waals surface area contributed by atoms with E-state index in [2.05, 4.69) is 27.1 Å². The summed E-state index contributed by atoms with van der Waals surface area (Å²) in [7, 11) is 0. The van der Waals surface area contributed by atoms with Crippen LogP contribution >= 0.6 is 0 Å². The van der Waals surface area contributed by atoms with E-state index in [1.807, 2.05) is 26.8 Å². The maximum atomic E-state index is 11.5. The number of allylic oxidation sites excluding steroid dienone is 2. The Kier molecular flexibility index (Phi) is 5.38. The second kappa shape index (κ2) is 7.47. The number of hydrogen-bond acceptors (Lipinski definition) is 7. The Bertz CT molecular complexity index is 865. The van der Waals surface area contributed by atoms with Crippen molar-refractivity contribution in [2.75, 3.05) is 11.1 Å². The molecule has 0 bridgehead atoms. The number of amides is 1. The average Bonchev–Trinajstić information content (AvgIpc) is 2.96. The largest absolute Gasteiger partial charge is 0.473 e. The Morgan fingerprint density at radius 3 is 2.80 bits per heavy atom. The molecule has 2 aromatic rings. The Morgan fingerprint density at radius 2 is 2.24 bits per heavy atom. The quantitative estimate of drug-likeness (QED) is 0.398. The Labute approximate surface area is 145 Å². The van der Waals surface area contributed by atoms with Crippen LogP contribution < -0.4 is 16.8 Å². The molecule has 25 heavy (non-hydrogen) atoms. The summed E-state index contributed by atoms with van der Waals surface area (Å²) in [5, 5.41) is 7.08. The number of ether oxygens (including phenoxy) is 1. The van der Waals surface area contributed by atoms with Crippen molar-refractivity contribution in [2.24, 2.45) is 10.7 Å². The van der Waals surface area contributed by atoms with Crippen LogP contribution in [-0.2, 0) is 4.74 Å². The van der Waals surface area contributed by atoms with Crippen LogP contribution in [0.15, 0.2) is 41.0 Å². The number of carbonyl (C=O) groups is 1. The molecule has 5 N–H and O–H groups in total. The van der Waals surface area contributed by atoms with Crippen LogP contribution in [0.3, 0.4) is 0 Å². The summed E-state index contributed by atoms with van der Waals surface area (Å²) in [4.78, 5) is 19.8. The van der Waals surface area contributed by atoms with E-state index in [-0.39, 0.29) is 23.1 Å². The molecule has 0 saturated heterocycles. The number of nitrogens with two attached hydrogens (primary N) is 2. The van der Waals surface area contributed by atoms with E-state index in [1.54, 1.807) is 12.1 Å². The number of hydrogen-bond donors (Lipinski definition) is 3. The first-order chi connectivity index (χ1) is 11.9. The molecule has 0 aromatic carbocycles. The van der Waals surface area contributed by atoms with Gasteiger partial charge in [0, 0.05) is 6.07 Å². The average molecular weight is 343 g/mol. The topological polar surface area (TPSA) is 133 Å². The molecule has 0 unspecified atom stereocenters. The zero-order valence-corrected chi connectivity index (χ0v) is 14.4. The van der Waals surface area contributed by atoms with Gasteiger partial charge in [0.1, 0.15) is 22.9 Å². The van der Waals surface area contributed by atoms with Gasteiger partial charge in [-0.25, -0.2) is 9.98 Å². The molecule has 0 radical (unpaired) electrons. The predicted molar refractivity (Wildman–Crippen MR) is 97.2 cm³/mol. The third kappa shape index (κ3) is 3.94. The highest BCUT2D eigenvalue weighted by Crippen LogP contribution is 2.20. The van der Waals surface area contributed by atoms with E-state index in [1.165, 1.54) is 10.7 Å². The minimum Gasteiger partial charge on any atom is -0.473 e. The second-order valence-electron chi connectivity index (χ2n) is 5.39. The van der Waals surface area contributed by atoms with Gasteiger partial charge in [0.05, 0.1) is 12.3 Å². The van der Waals surface area contributed by atoms with Gasteiger partial charge in [0.15, 0.2) is 5.65 Å². The number of aliphatic imine (C=N–C) groups is 1. The lowest BCUT2D eigenvalue weighted by Crippen LogP contribution is -2.13. The van der Waals surface area contributed by atoms with Crippen molar-refractivity contribution < 1.29 is 9.53 Å². The van der Waals surface area contributed by atoms with E-state index in [0.29, 0.717) is 17.4 Å². The van der Waals surface area contributed by atoms with Gasteiger partial charge < -0.3 is 21.5 Å². The fraction of sp³-hybridized carbons (Fsp3) is 0.250. The number of primary amides is 1. The Balaban J connectivity index is 2.52. The normalized spacial score (nSPS) is 12.5. The molecular formula is C16H21N7O2. The smallest absolute Gasteiger partial charge is 0.254 e. The number of nitrogens with zero attached hydrogens (tertiary/aromatic N) is 4. The van der Waals surface area contributed by atoms with Crippen molar-refractivity contribution in [3.8, 4) is 0 Å². The van der Waals surface area contributed by atoms with Crippen LogP contribution in [0.5, 0.6) is 0 Å².